The van der Waals surface area contributed by atoms with Crippen molar-refractivity contribution in [1.82, 2.24) is 15.5 Å². The van der Waals surface area contributed by atoms with Crippen LogP contribution in [0.1, 0.15) is 33.1 Å². The Kier molecular flexibility index (Phi) is 6.62. The van der Waals surface area contributed by atoms with E-state index >= 15 is 0 Å². The van der Waals surface area contributed by atoms with Gasteiger partial charge in [0.25, 0.3) is 0 Å². The SMILES string of the molecule is COC(=O)NC1CCN(C(=O)CCCNC(C)C)C1. The van der Waals surface area contributed by atoms with E-state index in [0.29, 0.717) is 25.6 Å². The molecule has 1 heterocycles. The van der Waals surface area contributed by atoms with Crippen molar-refractivity contribution in [3.8, 4) is 0 Å². The summed E-state index contributed by atoms with van der Waals surface area (Å²) in [4.78, 5) is 24.8. The van der Waals surface area contributed by atoms with Crippen molar-refractivity contribution in [2.24, 2.45) is 0 Å². The Morgan fingerprint density at radius 2 is 2.16 bits per heavy atom. The fourth-order valence-corrected chi connectivity index (χ4v) is 2.12. The zero-order valence-corrected chi connectivity index (χ0v) is 12.1. The van der Waals surface area contributed by atoms with Crippen molar-refractivity contribution in [1.29, 1.82) is 0 Å². The molecule has 0 bridgehead atoms. The standard InChI is InChI=1S/C13H25N3O3/c1-10(2)14-7-4-5-12(17)16-8-6-11(9-16)15-13(18)19-3/h10-11,14H,4-9H2,1-3H3,(H,15,18). The lowest BCUT2D eigenvalue weighted by Gasteiger charge is -2.17. The Bertz CT molecular complexity index is 308. The van der Waals surface area contributed by atoms with E-state index in [1.807, 2.05) is 4.90 Å². The molecule has 1 saturated heterocycles. The van der Waals surface area contributed by atoms with Crippen LogP contribution in [-0.4, -0.2) is 55.7 Å². The first-order valence-corrected chi connectivity index (χ1v) is 6.88. The molecule has 2 N–H and O–H groups in total. The van der Waals surface area contributed by atoms with Gasteiger partial charge in [-0.05, 0) is 19.4 Å². The maximum absolute atomic E-state index is 11.9. The van der Waals surface area contributed by atoms with E-state index in [-0.39, 0.29) is 11.9 Å². The van der Waals surface area contributed by atoms with Crippen LogP contribution >= 0.6 is 0 Å². The highest BCUT2D eigenvalue weighted by Gasteiger charge is 2.26. The number of methoxy groups -OCH3 is 1. The molecular formula is C13H25N3O3. The van der Waals surface area contributed by atoms with Crippen LogP contribution < -0.4 is 10.6 Å². The topological polar surface area (TPSA) is 70.7 Å². The summed E-state index contributed by atoms with van der Waals surface area (Å²) in [7, 11) is 1.34. The number of alkyl carbamates (subject to hydrolysis) is 1. The number of ether oxygens (including phenoxy) is 1. The molecule has 0 aromatic carbocycles. The molecule has 1 aliphatic rings. The molecule has 6 heteroatoms. The summed E-state index contributed by atoms with van der Waals surface area (Å²) < 4.78 is 4.55. The average molecular weight is 271 g/mol. The molecule has 6 nitrogen and oxygen atoms in total. The summed E-state index contributed by atoms with van der Waals surface area (Å²) in [6, 6.07) is 0.473. The molecule has 0 aromatic heterocycles. The Labute approximate surface area is 114 Å². The molecule has 0 spiro atoms. The van der Waals surface area contributed by atoms with Crippen LogP contribution in [-0.2, 0) is 9.53 Å². The summed E-state index contributed by atoms with van der Waals surface area (Å²) in [5.74, 6) is 0.166. The second-order valence-electron chi connectivity index (χ2n) is 5.17. The summed E-state index contributed by atoms with van der Waals surface area (Å²) in [5.41, 5.74) is 0. The second kappa shape index (κ2) is 7.99. The Balaban J connectivity index is 2.19. The molecule has 0 saturated carbocycles. The molecule has 0 radical (unpaired) electrons. The van der Waals surface area contributed by atoms with Crippen molar-refractivity contribution in [2.45, 2.75) is 45.2 Å². The van der Waals surface area contributed by atoms with E-state index in [9.17, 15) is 9.59 Å². The minimum absolute atomic E-state index is 0.0187. The van der Waals surface area contributed by atoms with Gasteiger partial charge in [-0.2, -0.15) is 0 Å². The maximum Gasteiger partial charge on any atom is 0.407 e. The lowest BCUT2D eigenvalue weighted by atomic mass is 10.2. The van der Waals surface area contributed by atoms with Gasteiger partial charge in [0.1, 0.15) is 0 Å². The van der Waals surface area contributed by atoms with Gasteiger partial charge < -0.3 is 20.3 Å². The molecule has 1 atom stereocenters. The molecule has 1 aliphatic heterocycles. The van der Waals surface area contributed by atoms with Gasteiger partial charge in [0.05, 0.1) is 13.2 Å². The number of rotatable bonds is 6. The number of carbonyl (C=O) groups is 2. The zero-order chi connectivity index (χ0) is 14.3. The second-order valence-corrected chi connectivity index (χ2v) is 5.17. The molecule has 110 valence electrons. The van der Waals surface area contributed by atoms with Crippen LogP contribution in [0.15, 0.2) is 0 Å². The average Bonchev–Trinajstić information content (AvgIpc) is 2.82. The number of likely N-dealkylation sites (tertiary alicyclic amines) is 1. The van der Waals surface area contributed by atoms with Gasteiger partial charge in [-0.15, -0.1) is 0 Å². The summed E-state index contributed by atoms with van der Waals surface area (Å²) in [6.45, 7) is 6.34. The highest BCUT2D eigenvalue weighted by Crippen LogP contribution is 2.11. The molecule has 1 fully saturated rings. The summed E-state index contributed by atoms with van der Waals surface area (Å²) >= 11 is 0. The van der Waals surface area contributed by atoms with Gasteiger partial charge in [0.2, 0.25) is 5.91 Å². The third-order valence-electron chi connectivity index (χ3n) is 3.17. The van der Waals surface area contributed by atoms with Crippen LogP contribution in [0.25, 0.3) is 0 Å². The first-order chi connectivity index (χ1) is 9.02. The summed E-state index contributed by atoms with van der Waals surface area (Å²) in [6.07, 6.45) is 1.78. The van der Waals surface area contributed by atoms with Crippen molar-refractivity contribution < 1.29 is 14.3 Å². The predicted molar refractivity (Wildman–Crippen MR) is 72.9 cm³/mol. The number of amides is 2. The fraction of sp³-hybridized carbons (Fsp3) is 0.846. The van der Waals surface area contributed by atoms with Crippen LogP contribution in [0.3, 0.4) is 0 Å². The minimum Gasteiger partial charge on any atom is -0.453 e. The largest absolute Gasteiger partial charge is 0.453 e. The zero-order valence-electron chi connectivity index (χ0n) is 12.1. The van der Waals surface area contributed by atoms with E-state index < -0.39 is 6.09 Å². The molecule has 1 unspecified atom stereocenters. The minimum atomic E-state index is -0.430. The molecule has 1 rings (SSSR count). The van der Waals surface area contributed by atoms with E-state index in [1.165, 1.54) is 7.11 Å². The molecule has 19 heavy (non-hydrogen) atoms. The van der Waals surface area contributed by atoms with Gasteiger partial charge in [-0.25, -0.2) is 4.79 Å². The maximum atomic E-state index is 11.9. The Morgan fingerprint density at radius 1 is 1.42 bits per heavy atom. The highest BCUT2D eigenvalue weighted by molar-refractivity contribution is 5.76. The third-order valence-corrected chi connectivity index (χ3v) is 3.17. The normalized spacial score (nSPS) is 18.7. The van der Waals surface area contributed by atoms with Crippen LogP contribution in [0.2, 0.25) is 0 Å². The smallest absolute Gasteiger partial charge is 0.407 e. The molecule has 0 aliphatic carbocycles. The highest BCUT2D eigenvalue weighted by atomic mass is 16.5. The Hall–Kier alpha value is -1.30. The van der Waals surface area contributed by atoms with Crippen molar-refractivity contribution in [3.05, 3.63) is 0 Å². The van der Waals surface area contributed by atoms with E-state index in [2.05, 4.69) is 29.2 Å². The van der Waals surface area contributed by atoms with Crippen molar-refractivity contribution in [2.75, 3.05) is 26.7 Å². The van der Waals surface area contributed by atoms with Crippen LogP contribution in [0, 0.1) is 0 Å². The Morgan fingerprint density at radius 3 is 2.79 bits per heavy atom. The van der Waals surface area contributed by atoms with Gasteiger partial charge in [-0.1, -0.05) is 13.8 Å². The first-order valence-electron chi connectivity index (χ1n) is 6.88. The lowest BCUT2D eigenvalue weighted by molar-refractivity contribution is -0.130. The first kappa shape index (κ1) is 15.8. The molecule has 0 aromatic rings. The van der Waals surface area contributed by atoms with E-state index in [1.54, 1.807) is 0 Å². The monoisotopic (exact) mass is 271 g/mol. The number of nitrogens with one attached hydrogen (secondary N) is 2. The van der Waals surface area contributed by atoms with Gasteiger partial charge in [0, 0.05) is 25.6 Å². The third kappa shape index (κ3) is 5.92. The van der Waals surface area contributed by atoms with Gasteiger partial charge >= 0.3 is 6.09 Å². The summed E-state index contributed by atoms with van der Waals surface area (Å²) in [5, 5.41) is 6.02. The number of carbonyl (C=O) groups excluding carboxylic acids is 2. The lowest BCUT2D eigenvalue weighted by Crippen LogP contribution is -2.38. The van der Waals surface area contributed by atoms with E-state index in [4.69, 9.17) is 0 Å². The van der Waals surface area contributed by atoms with Crippen LogP contribution in [0.4, 0.5) is 4.79 Å². The number of nitrogens with zero attached hydrogens (tertiary/aromatic N) is 1. The van der Waals surface area contributed by atoms with Gasteiger partial charge in [0.15, 0.2) is 0 Å². The number of hydrogen-bond donors (Lipinski definition) is 2. The number of hydrogen-bond acceptors (Lipinski definition) is 4. The molecule has 2 amide bonds. The van der Waals surface area contributed by atoms with Crippen molar-refractivity contribution >= 4 is 12.0 Å². The van der Waals surface area contributed by atoms with E-state index in [0.717, 1.165) is 19.4 Å². The predicted octanol–water partition coefficient (Wildman–Crippen LogP) is 0.721. The van der Waals surface area contributed by atoms with Crippen molar-refractivity contribution in [3.63, 3.8) is 0 Å². The fourth-order valence-electron chi connectivity index (χ4n) is 2.12. The quantitative estimate of drug-likeness (QED) is 0.698. The van der Waals surface area contributed by atoms with Gasteiger partial charge in [-0.3, -0.25) is 4.79 Å². The molecular weight excluding hydrogens is 246 g/mol. The van der Waals surface area contributed by atoms with Crippen LogP contribution in [0.5, 0.6) is 0 Å².